The predicted molar refractivity (Wildman–Crippen MR) is 87.9 cm³/mol. The van der Waals surface area contributed by atoms with E-state index < -0.39 is 0 Å². The van der Waals surface area contributed by atoms with Crippen molar-refractivity contribution in [1.29, 1.82) is 0 Å². The van der Waals surface area contributed by atoms with Gasteiger partial charge in [-0.05, 0) is 31.2 Å². The molecular weight excluding hydrogens is 290 g/mol. The molecule has 0 unspecified atom stereocenters. The Bertz CT molecular complexity index is 599. The van der Waals surface area contributed by atoms with Gasteiger partial charge in [0, 0.05) is 25.7 Å². The number of nitrogens with zero attached hydrogens (tertiary/aromatic N) is 4. The molecule has 1 saturated heterocycles. The third-order valence-corrected chi connectivity index (χ3v) is 4.26. The van der Waals surface area contributed by atoms with E-state index >= 15 is 0 Å². The topological polar surface area (TPSA) is 63.1 Å². The molecule has 0 radical (unpaired) electrons. The molecule has 0 spiro atoms. The number of hydrogen-bond donors (Lipinski definition) is 1. The fourth-order valence-corrected chi connectivity index (χ4v) is 3.09. The Morgan fingerprint density at radius 3 is 2.96 bits per heavy atom. The lowest BCUT2D eigenvalue weighted by Crippen LogP contribution is -2.44. The molecule has 1 aliphatic rings. The number of urea groups is 1. The largest absolute Gasteiger partial charge is 0.338 e. The van der Waals surface area contributed by atoms with E-state index in [1.165, 1.54) is 11.9 Å². The van der Waals surface area contributed by atoms with Gasteiger partial charge in [-0.3, -0.25) is 4.68 Å². The van der Waals surface area contributed by atoms with E-state index in [1.807, 2.05) is 11.0 Å². The summed E-state index contributed by atoms with van der Waals surface area (Å²) in [6.45, 7) is 2.29. The summed E-state index contributed by atoms with van der Waals surface area (Å²) >= 11 is 0. The number of carbonyl (C=O) groups excluding carboxylic acids is 1. The first kappa shape index (κ1) is 15.5. The minimum atomic E-state index is 0.0574. The summed E-state index contributed by atoms with van der Waals surface area (Å²) in [6.07, 6.45) is 7.18. The summed E-state index contributed by atoms with van der Waals surface area (Å²) in [5.41, 5.74) is 1.29. The first-order chi connectivity index (χ1) is 11.3. The van der Waals surface area contributed by atoms with Crippen molar-refractivity contribution >= 4 is 6.03 Å². The second-order valence-corrected chi connectivity index (χ2v) is 5.92. The zero-order valence-corrected chi connectivity index (χ0v) is 13.3. The summed E-state index contributed by atoms with van der Waals surface area (Å²) in [4.78, 5) is 18.3. The van der Waals surface area contributed by atoms with Gasteiger partial charge in [-0.2, -0.15) is 5.10 Å². The van der Waals surface area contributed by atoms with Crippen LogP contribution in [0.4, 0.5) is 4.79 Å². The first-order valence-corrected chi connectivity index (χ1v) is 8.24. The third-order valence-electron chi connectivity index (χ3n) is 4.26. The van der Waals surface area contributed by atoms with Crippen LogP contribution in [0.15, 0.2) is 43.0 Å². The molecule has 23 heavy (non-hydrogen) atoms. The number of hydrogen-bond acceptors (Lipinski definition) is 3. The number of benzene rings is 1. The Hall–Kier alpha value is -2.37. The average Bonchev–Trinajstić information content (AvgIpc) is 3.24. The molecule has 2 amide bonds. The van der Waals surface area contributed by atoms with Crippen LogP contribution >= 0.6 is 0 Å². The molecule has 0 bridgehead atoms. The molecule has 1 fully saturated rings. The summed E-state index contributed by atoms with van der Waals surface area (Å²) in [7, 11) is 0. The number of rotatable bonds is 6. The van der Waals surface area contributed by atoms with Crippen molar-refractivity contribution in [2.75, 3.05) is 13.1 Å². The lowest BCUT2D eigenvalue weighted by molar-refractivity contribution is 0.192. The number of amides is 2. The number of nitrogens with one attached hydrogen (secondary N) is 1. The summed E-state index contributed by atoms with van der Waals surface area (Å²) in [6, 6.07) is 10.8. The van der Waals surface area contributed by atoms with Gasteiger partial charge < -0.3 is 10.2 Å². The van der Waals surface area contributed by atoms with Crippen LogP contribution in [0.1, 0.15) is 24.8 Å². The van der Waals surface area contributed by atoms with Crippen LogP contribution in [0, 0.1) is 0 Å². The van der Waals surface area contributed by atoms with Gasteiger partial charge in [0.25, 0.3) is 0 Å². The molecule has 1 N–H and O–H groups in total. The molecule has 6 nitrogen and oxygen atoms in total. The van der Waals surface area contributed by atoms with Crippen molar-refractivity contribution in [2.24, 2.45) is 0 Å². The average molecular weight is 313 g/mol. The zero-order chi connectivity index (χ0) is 15.9. The van der Waals surface area contributed by atoms with Crippen molar-refractivity contribution in [1.82, 2.24) is 25.0 Å². The van der Waals surface area contributed by atoms with Gasteiger partial charge in [-0.1, -0.05) is 30.3 Å². The Labute approximate surface area is 136 Å². The van der Waals surface area contributed by atoms with Crippen LogP contribution in [0.25, 0.3) is 0 Å². The molecule has 1 aromatic heterocycles. The fourth-order valence-electron chi connectivity index (χ4n) is 3.09. The van der Waals surface area contributed by atoms with E-state index in [0.717, 1.165) is 38.8 Å². The maximum absolute atomic E-state index is 12.4. The minimum absolute atomic E-state index is 0.0574. The third kappa shape index (κ3) is 4.31. The lowest BCUT2D eigenvalue weighted by atomic mass is 10.0. The second kappa shape index (κ2) is 7.76. The maximum Gasteiger partial charge on any atom is 0.317 e. The monoisotopic (exact) mass is 313 g/mol. The smallest absolute Gasteiger partial charge is 0.317 e. The van der Waals surface area contributed by atoms with E-state index in [-0.39, 0.29) is 6.03 Å². The lowest BCUT2D eigenvalue weighted by Gasteiger charge is -2.25. The van der Waals surface area contributed by atoms with Crippen molar-refractivity contribution in [3.8, 4) is 0 Å². The van der Waals surface area contributed by atoms with Gasteiger partial charge >= 0.3 is 6.03 Å². The van der Waals surface area contributed by atoms with Crippen molar-refractivity contribution in [3.05, 3.63) is 48.5 Å². The fraction of sp³-hybridized carbons (Fsp3) is 0.471. The molecule has 2 aromatic rings. The molecule has 3 rings (SSSR count). The van der Waals surface area contributed by atoms with Gasteiger partial charge in [-0.15, -0.1) is 0 Å². The predicted octanol–water partition coefficient (Wildman–Crippen LogP) is 2.08. The summed E-state index contributed by atoms with van der Waals surface area (Å²) in [5.74, 6) is 0. The SMILES string of the molecule is O=C(NCCCn1cncn1)N1CCC[C@H]1Cc1ccccc1. The first-order valence-electron chi connectivity index (χ1n) is 8.24. The number of aromatic nitrogens is 3. The Kier molecular flexibility index (Phi) is 5.24. The van der Waals surface area contributed by atoms with E-state index in [4.69, 9.17) is 0 Å². The molecule has 6 heteroatoms. The van der Waals surface area contributed by atoms with Crippen LogP contribution in [-0.2, 0) is 13.0 Å². The van der Waals surface area contributed by atoms with Gasteiger partial charge in [0.15, 0.2) is 0 Å². The van der Waals surface area contributed by atoms with Crippen LogP contribution in [0.2, 0.25) is 0 Å². The highest BCUT2D eigenvalue weighted by atomic mass is 16.2. The molecule has 1 aromatic carbocycles. The molecule has 1 atom stereocenters. The highest BCUT2D eigenvalue weighted by molar-refractivity contribution is 5.74. The van der Waals surface area contributed by atoms with Crippen molar-refractivity contribution in [2.45, 2.75) is 38.3 Å². The zero-order valence-electron chi connectivity index (χ0n) is 13.3. The van der Waals surface area contributed by atoms with Gasteiger partial charge in [0.2, 0.25) is 0 Å². The van der Waals surface area contributed by atoms with Crippen molar-refractivity contribution in [3.63, 3.8) is 0 Å². The van der Waals surface area contributed by atoms with Crippen molar-refractivity contribution < 1.29 is 4.79 Å². The quantitative estimate of drug-likeness (QED) is 0.831. The molecule has 122 valence electrons. The minimum Gasteiger partial charge on any atom is -0.338 e. The Morgan fingerprint density at radius 1 is 1.30 bits per heavy atom. The molecule has 2 heterocycles. The van der Waals surface area contributed by atoms with Crippen LogP contribution < -0.4 is 5.32 Å². The number of aryl methyl sites for hydroxylation is 1. The van der Waals surface area contributed by atoms with E-state index in [0.29, 0.717) is 12.6 Å². The van der Waals surface area contributed by atoms with Gasteiger partial charge in [0.1, 0.15) is 12.7 Å². The highest BCUT2D eigenvalue weighted by Gasteiger charge is 2.28. The molecule has 1 aliphatic heterocycles. The molecular formula is C17H23N5O. The van der Waals surface area contributed by atoms with Gasteiger partial charge in [-0.25, -0.2) is 9.78 Å². The summed E-state index contributed by atoms with van der Waals surface area (Å²) < 4.78 is 1.78. The Morgan fingerprint density at radius 2 is 2.17 bits per heavy atom. The molecule has 0 aliphatic carbocycles. The van der Waals surface area contributed by atoms with E-state index in [2.05, 4.69) is 39.7 Å². The highest BCUT2D eigenvalue weighted by Crippen LogP contribution is 2.21. The van der Waals surface area contributed by atoms with Crippen LogP contribution in [0.3, 0.4) is 0 Å². The Balaban J connectivity index is 1.44. The maximum atomic E-state index is 12.4. The second-order valence-electron chi connectivity index (χ2n) is 5.92. The number of likely N-dealkylation sites (tertiary alicyclic amines) is 1. The molecule has 0 saturated carbocycles. The number of carbonyl (C=O) groups is 1. The van der Waals surface area contributed by atoms with E-state index in [9.17, 15) is 4.79 Å². The summed E-state index contributed by atoms with van der Waals surface area (Å²) in [5, 5.41) is 7.08. The van der Waals surface area contributed by atoms with E-state index in [1.54, 1.807) is 11.0 Å². The van der Waals surface area contributed by atoms with Gasteiger partial charge in [0.05, 0.1) is 0 Å². The van der Waals surface area contributed by atoms with Crippen LogP contribution in [-0.4, -0.2) is 44.8 Å². The standard InChI is InChI=1S/C17H23N5O/c23-17(19-9-5-10-21-14-18-13-20-21)22-11-4-8-16(22)12-15-6-2-1-3-7-15/h1-3,6-7,13-14,16H,4-5,8-12H2,(H,19,23)/t16-/m0/s1. The van der Waals surface area contributed by atoms with Crippen LogP contribution in [0.5, 0.6) is 0 Å². The normalized spacial score (nSPS) is 17.4.